The molecule has 5 nitrogen and oxygen atoms in total. The molecule has 22 heavy (non-hydrogen) atoms. The maximum Gasteiger partial charge on any atom is 0.352 e. The molecule has 2 N–H and O–H groups in total. The molecule has 0 aliphatic heterocycles. The van der Waals surface area contributed by atoms with Gasteiger partial charge in [-0.1, -0.05) is 24.8 Å². The van der Waals surface area contributed by atoms with E-state index >= 15 is 0 Å². The van der Waals surface area contributed by atoms with Crippen LogP contribution in [0.25, 0.3) is 0 Å². The SMILES string of the molecule is C=CCOc1ccc(CCC(=O)c2ccc(C(=O)O)[nH]2)cc1. The lowest BCUT2D eigenvalue weighted by Crippen LogP contribution is -2.03. The Labute approximate surface area is 128 Å². The lowest BCUT2D eigenvalue weighted by atomic mass is 10.1. The van der Waals surface area contributed by atoms with Crippen LogP contribution in [0.1, 0.15) is 33.0 Å². The molecule has 0 unspecified atom stereocenters. The predicted molar refractivity (Wildman–Crippen MR) is 82.5 cm³/mol. The third-order valence-corrected chi connectivity index (χ3v) is 3.15. The number of carbonyl (C=O) groups excluding carboxylic acids is 1. The van der Waals surface area contributed by atoms with Crippen molar-refractivity contribution in [2.24, 2.45) is 0 Å². The Morgan fingerprint density at radius 3 is 2.41 bits per heavy atom. The van der Waals surface area contributed by atoms with E-state index in [-0.39, 0.29) is 11.5 Å². The summed E-state index contributed by atoms with van der Waals surface area (Å²) >= 11 is 0. The highest BCUT2D eigenvalue weighted by Gasteiger charge is 2.11. The number of hydrogen-bond acceptors (Lipinski definition) is 3. The summed E-state index contributed by atoms with van der Waals surface area (Å²) in [5.41, 5.74) is 1.36. The molecule has 0 radical (unpaired) electrons. The molecule has 2 rings (SSSR count). The van der Waals surface area contributed by atoms with Crippen LogP contribution in [0.5, 0.6) is 5.75 Å². The molecule has 2 aromatic rings. The Kier molecular flexibility index (Phi) is 5.14. The number of nitrogens with one attached hydrogen (secondary N) is 1. The van der Waals surface area contributed by atoms with E-state index in [0.717, 1.165) is 11.3 Å². The molecule has 5 heteroatoms. The van der Waals surface area contributed by atoms with Crippen LogP contribution in [0, 0.1) is 0 Å². The average molecular weight is 299 g/mol. The van der Waals surface area contributed by atoms with Crippen molar-refractivity contribution in [1.29, 1.82) is 0 Å². The first kappa shape index (κ1) is 15.6. The zero-order valence-corrected chi connectivity index (χ0v) is 12.0. The van der Waals surface area contributed by atoms with Crippen LogP contribution in [0.2, 0.25) is 0 Å². The summed E-state index contributed by atoms with van der Waals surface area (Å²) in [5.74, 6) is -0.431. The Balaban J connectivity index is 1.90. The van der Waals surface area contributed by atoms with Gasteiger partial charge in [0.25, 0.3) is 0 Å². The standard InChI is InChI=1S/C17H17NO4/c1-2-11-22-13-6-3-12(4-7-13)5-10-16(19)14-8-9-15(18-14)17(20)21/h2-4,6-9,18H,1,5,10-11H2,(H,20,21). The summed E-state index contributed by atoms with van der Waals surface area (Å²) < 4.78 is 5.38. The number of aryl methyl sites for hydroxylation is 1. The lowest BCUT2D eigenvalue weighted by Gasteiger charge is -2.05. The van der Waals surface area contributed by atoms with Crippen molar-refractivity contribution in [1.82, 2.24) is 4.98 Å². The maximum atomic E-state index is 12.0. The lowest BCUT2D eigenvalue weighted by molar-refractivity contribution is 0.0691. The summed E-state index contributed by atoms with van der Waals surface area (Å²) in [5, 5.41) is 8.81. The Bertz CT molecular complexity index is 670. The third-order valence-electron chi connectivity index (χ3n) is 3.15. The van der Waals surface area contributed by atoms with Gasteiger partial charge in [-0.2, -0.15) is 0 Å². The summed E-state index contributed by atoms with van der Waals surface area (Å²) in [6, 6.07) is 10.4. The monoisotopic (exact) mass is 299 g/mol. The van der Waals surface area contributed by atoms with Crippen molar-refractivity contribution in [3.63, 3.8) is 0 Å². The van der Waals surface area contributed by atoms with Crippen molar-refractivity contribution >= 4 is 11.8 Å². The quantitative estimate of drug-likeness (QED) is 0.580. The van der Waals surface area contributed by atoms with E-state index in [0.29, 0.717) is 25.1 Å². The van der Waals surface area contributed by atoms with E-state index < -0.39 is 5.97 Å². The predicted octanol–water partition coefficient (Wildman–Crippen LogP) is 3.09. The first-order chi connectivity index (χ1) is 10.6. The van der Waals surface area contributed by atoms with Crippen molar-refractivity contribution in [2.45, 2.75) is 12.8 Å². The van der Waals surface area contributed by atoms with Gasteiger partial charge in [0.05, 0.1) is 5.69 Å². The summed E-state index contributed by atoms with van der Waals surface area (Å²) in [6.45, 7) is 4.04. The van der Waals surface area contributed by atoms with Gasteiger partial charge < -0.3 is 14.8 Å². The van der Waals surface area contributed by atoms with Crippen LogP contribution in [0.3, 0.4) is 0 Å². The number of aromatic nitrogens is 1. The van der Waals surface area contributed by atoms with E-state index in [4.69, 9.17) is 9.84 Å². The highest BCUT2D eigenvalue weighted by molar-refractivity contribution is 5.96. The van der Waals surface area contributed by atoms with Crippen molar-refractivity contribution in [3.05, 3.63) is 66.0 Å². The maximum absolute atomic E-state index is 12.0. The fourth-order valence-electron chi connectivity index (χ4n) is 1.98. The van der Waals surface area contributed by atoms with E-state index in [9.17, 15) is 9.59 Å². The molecule has 1 aromatic carbocycles. The second-order valence-electron chi connectivity index (χ2n) is 4.76. The smallest absolute Gasteiger partial charge is 0.352 e. The van der Waals surface area contributed by atoms with Gasteiger partial charge in [0.2, 0.25) is 0 Å². The number of ether oxygens (including phenoxy) is 1. The largest absolute Gasteiger partial charge is 0.490 e. The number of ketones is 1. The van der Waals surface area contributed by atoms with Crippen LogP contribution < -0.4 is 4.74 Å². The topological polar surface area (TPSA) is 79.4 Å². The molecule has 0 saturated carbocycles. The number of hydrogen-bond donors (Lipinski definition) is 2. The number of H-pyrrole nitrogens is 1. The zero-order chi connectivity index (χ0) is 15.9. The average Bonchev–Trinajstić information content (AvgIpc) is 3.02. The summed E-state index contributed by atoms with van der Waals surface area (Å²) in [4.78, 5) is 25.4. The molecular weight excluding hydrogens is 282 g/mol. The molecule has 0 saturated heterocycles. The van der Waals surface area contributed by atoms with Crippen LogP contribution in [-0.2, 0) is 6.42 Å². The van der Waals surface area contributed by atoms with Crippen molar-refractivity contribution in [2.75, 3.05) is 6.61 Å². The Morgan fingerprint density at radius 1 is 1.14 bits per heavy atom. The first-order valence-corrected chi connectivity index (χ1v) is 6.88. The zero-order valence-electron chi connectivity index (χ0n) is 12.0. The Hall–Kier alpha value is -2.82. The van der Waals surface area contributed by atoms with Gasteiger partial charge in [-0.05, 0) is 36.2 Å². The Morgan fingerprint density at radius 2 is 1.82 bits per heavy atom. The molecule has 1 heterocycles. The number of aromatic carboxylic acids is 1. The van der Waals surface area contributed by atoms with E-state index in [2.05, 4.69) is 11.6 Å². The fraction of sp³-hybridized carbons (Fsp3) is 0.176. The second-order valence-corrected chi connectivity index (χ2v) is 4.76. The minimum absolute atomic E-state index is 0.0204. The van der Waals surface area contributed by atoms with Gasteiger partial charge in [0, 0.05) is 6.42 Å². The van der Waals surface area contributed by atoms with E-state index in [1.54, 1.807) is 6.08 Å². The van der Waals surface area contributed by atoms with Gasteiger partial charge in [0.1, 0.15) is 18.1 Å². The molecule has 0 spiro atoms. The van der Waals surface area contributed by atoms with Crippen LogP contribution in [0.15, 0.2) is 49.1 Å². The number of aromatic amines is 1. The number of carboxylic acids is 1. The minimum Gasteiger partial charge on any atom is -0.490 e. The van der Waals surface area contributed by atoms with E-state index in [1.807, 2.05) is 24.3 Å². The van der Waals surface area contributed by atoms with Gasteiger partial charge in [-0.3, -0.25) is 4.79 Å². The molecule has 0 fully saturated rings. The normalized spacial score (nSPS) is 10.2. The van der Waals surface area contributed by atoms with Crippen molar-refractivity contribution in [3.8, 4) is 5.75 Å². The first-order valence-electron chi connectivity index (χ1n) is 6.88. The fourth-order valence-corrected chi connectivity index (χ4v) is 1.98. The molecule has 0 aliphatic carbocycles. The van der Waals surface area contributed by atoms with Crippen LogP contribution >= 0.6 is 0 Å². The summed E-state index contributed by atoms with van der Waals surface area (Å²) in [6.07, 6.45) is 2.57. The highest BCUT2D eigenvalue weighted by atomic mass is 16.5. The number of Topliss-reactive ketones (excluding diaryl/α,β-unsaturated/α-hetero) is 1. The van der Waals surface area contributed by atoms with Gasteiger partial charge >= 0.3 is 5.97 Å². The molecule has 1 aromatic heterocycles. The number of carboxylic acid groups (broad SMARTS) is 1. The molecule has 0 atom stereocenters. The molecule has 0 amide bonds. The van der Waals surface area contributed by atoms with Gasteiger partial charge in [-0.15, -0.1) is 0 Å². The third kappa shape index (κ3) is 4.09. The molecule has 114 valence electrons. The minimum atomic E-state index is -1.07. The highest BCUT2D eigenvalue weighted by Crippen LogP contribution is 2.14. The van der Waals surface area contributed by atoms with Gasteiger partial charge in [-0.25, -0.2) is 4.79 Å². The molecule has 0 bridgehead atoms. The van der Waals surface area contributed by atoms with Crippen LogP contribution in [0.4, 0.5) is 0 Å². The summed E-state index contributed by atoms with van der Waals surface area (Å²) in [7, 11) is 0. The second kappa shape index (κ2) is 7.26. The van der Waals surface area contributed by atoms with Gasteiger partial charge in [0.15, 0.2) is 5.78 Å². The van der Waals surface area contributed by atoms with Crippen LogP contribution in [-0.4, -0.2) is 28.4 Å². The number of benzene rings is 1. The van der Waals surface area contributed by atoms with E-state index in [1.165, 1.54) is 12.1 Å². The number of rotatable bonds is 8. The molecular formula is C17H17NO4. The number of carbonyl (C=O) groups is 2. The molecule has 0 aliphatic rings. The van der Waals surface area contributed by atoms with Crippen molar-refractivity contribution < 1.29 is 19.4 Å².